The van der Waals surface area contributed by atoms with Crippen LogP contribution in [0.4, 0.5) is 0 Å². The Labute approximate surface area is 112 Å². The minimum atomic E-state index is 0.419. The maximum absolute atomic E-state index is 6.07. The van der Waals surface area contributed by atoms with Crippen LogP contribution in [0.2, 0.25) is 0 Å². The lowest BCUT2D eigenvalue weighted by Crippen LogP contribution is -2.56. The molecule has 3 nitrogen and oxygen atoms in total. The first-order valence-corrected chi connectivity index (χ1v) is 7.92. The zero-order chi connectivity index (χ0) is 12.8. The van der Waals surface area contributed by atoms with Crippen molar-refractivity contribution in [3.05, 3.63) is 0 Å². The fraction of sp³-hybridized carbons (Fsp3) is 1.00. The van der Waals surface area contributed by atoms with Crippen LogP contribution in [-0.2, 0) is 4.74 Å². The lowest BCUT2D eigenvalue weighted by Gasteiger charge is -2.43. The maximum atomic E-state index is 6.07. The molecule has 2 unspecified atom stereocenters. The molecule has 0 bridgehead atoms. The van der Waals surface area contributed by atoms with Crippen molar-refractivity contribution < 1.29 is 4.74 Å². The number of nitrogens with zero attached hydrogens (tertiary/aromatic N) is 1. The molecule has 1 saturated heterocycles. The van der Waals surface area contributed by atoms with Gasteiger partial charge in [-0.05, 0) is 44.7 Å². The van der Waals surface area contributed by atoms with Gasteiger partial charge in [0.25, 0.3) is 0 Å². The van der Waals surface area contributed by atoms with Crippen molar-refractivity contribution in [1.82, 2.24) is 10.2 Å². The molecule has 2 fully saturated rings. The molecular weight excluding hydrogens is 224 g/mol. The van der Waals surface area contributed by atoms with Crippen LogP contribution < -0.4 is 5.32 Å². The predicted octanol–water partition coefficient (Wildman–Crippen LogP) is 2.27. The fourth-order valence-electron chi connectivity index (χ4n) is 3.18. The quantitative estimate of drug-likeness (QED) is 0.754. The summed E-state index contributed by atoms with van der Waals surface area (Å²) < 4.78 is 6.07. The van der Waals surface area contributed by atoms with Crippen LogP contribution in [-0.4, -0.2) is 49.8 Å². The van der Waals surface area contributed by atoms with Crippen molar-refractivity contribution in [1.29, 1.82) is 0 Å². The zero-order valence-electron chi connectivity index (χ0n) is 12.2. The van der Waals surface area contributed by atoms with Gasteiger partial charge in [0.15, 0.2) is 0 Å². The van der Waals surface area contributed by atoms with Gasteiger partial charge in [-0.1, -0.05) is 20.3 Å². The Morgan fingerprint density at radius 3 is 2.72 bits per heavy atom. The molecule has 0 aromatic rings. The molecule has 1 heterocycles. The third-order valence-electron chi connectivity index (χ3n) is 4.41. The normalized spacial score (nSPS) is 28.0. The van der Waals surface area contributed by atoms with Crippen molar-refractivity contribution in [3.8, 4) is 0 Å². The van der Waals surface area contributed by atoms with Crippen molar-refractivity contribution in [2.24, 2.45) is 5.92 Å². The zero-order valence-corrected chi connectivity index (χ0v) is 12.2. The summed E-state index contributed by atoms with van der Waals surface area (Å²) in [6.45, 7) is 10.0. The van der Waals surface area contributed by atoms with E-state index < -0.39 is 0 Å². The number of nitrogens with one attached hydrogen (secondary N) is 1. The second kappa shape index (κ2) is 7.46. The molecule has 106 valence electrons. The largest absolute Gasteiger partial charge is 0.374 e. The van der Waals surface area contributed by atoms with Crippen LogP contribution in [0.1, 0.15) is 46.0 Å². The van der Waals surface area contributed by atoms with Gasteiger partial charge in [0.05, 0.1) is 12.7 Å². The standard InChI is InChI=1S/C15H30N2O/c1-3-8-16-15(13-6-5-7-13)14-12-17(9-4-2)10-11-18-14/h13-16H,3-12H2,1-2H3. The van der Waals surface area contributed by atoms with Crippen molar-refractivity contribution in [2.45, 2.75) is 58.1 Å². The Balaban J connectivity index is 1.87. The average Bonchev–Trinajstić information content (AvgIpc) is 2.33. The van der Waals surface area contributed by atoms with Crippen LogP contribution >= 0.6 is 0 Å². The van der Waals surface area contributed by atoms with E-state index in [4.69, 9.17) is 4.74 Å². The van der Waals surface area contributed by atoms with E-state index in [1.807, 2.05) is 0 Å². The fourth-order valence-corrected chi connectivity index (χ4v) is 3.18. The van der Waals surface area contributed by atoms with Crippen molar-refractivity contribution in [2.75, 3.05) is 32.8 Å². The Morgan fingerprint density at radius 2 is 2.11 bits per heavy atom. The summed E-state index contributed by atoms with van der Waals surface area (Å²) in [6, 6.07) is 0.596. The monoisotopic (exact) mass is 254 g/mol. The molecule has 1 saturated carbocycles. The molecule has 2 atom stereocenters. The third kappa shape index (κ3) is 3.69. The topological polar surface area (TPSA) is 24.5 Å². The second-order valence-corrected chi connectivity index (χ2v) is 5.88. The first-order valence-electron chi connectivity index (χ1n) is 7.92. The number of hydrogen-bond acceptors (Lipinski definition) is 3. The lowest BCUT2D eigenvalue weighted by atomic mass is 9.77. The SMILES string of the molecule is CCCNC(C1CCC1)C1CN(CCC)CCO1. The van der Waals surface area contributed by atoms with Crippen LogP contribution in [0, 0.1) is 5.92 Å². The van der Waals surface area contributed by atoms with Gasteiger partial charge < -0.3 is 10.1 Å². The average molecular weight is 254 g/mol. The molecule has 18 heavy (non-hydrogen) atoms. The highest BCUT2D eigenvalue weighted by Gasteiger charge is 2.35. The molecule has 0 aromatic heterocycles. The number of morpholine rings is 1. The van der Waals surface area contributed by atoms with E-state index in [1.165, 1.54) is 38.6 Å². The molecule has 1 N–H and O–H groups in total. The number of ether oxygens (including phenoxy) is 1. The van der Waals surface area contributed by atoms with E-state index in [1.54, 1.807) is 0 Å². The molecular formula is C15H30N2O. The van der Waals surface area contributed by atoms with Gasteiger partial charge in [0, 0.05) is 19.1 Å². The van der Waals surface area contributed by atoms with E-state index in [2.05, 4.69) is 24.1 Å². The summed E-state index contributed by atoms with van der Waals surface area (Å²) in [5, 5.41) is 3.75. The molecule has 1 aliphatic carbocycles. The Bertz CT molecular complexity index is 229. The summed E-state index contributed by atoms with van der Waals surface area (Å²) in [4.78, 5) is 2.58. The summed E-state index contributed by atoms with van der Waals surface area (Å²) in [5.74, 6) is 0.864. The van der Waals surface area contributed by atoms with Crippen LogP contribution in [0.15, 0.2) is 0 Å². The lowest BCUT2D eigenvalue weighted by molar-refractivity contribution is -0.0632. The molecule has 3 heteroatoms. The van der Waals surface area contributed by atoms with Crippen molar-refractivity contribution in [3.63, 3.8) is 0 Å². The van der Waals surface area contributed by atoms with E-state index >= 15 is 0 Å². The minimum absolute atomic E-state index is 0.419. The maximum Gasteiger partial charge on any atom is 0.0857 e. The van der Waals surface area contributed by atoms with Crippen LogP contribution in [0.3, 0.4) is 0 Å². The minimum Gasteiger partial charge on any atom is -0.374 e. The third-order valence-corrected chi connectivity index (χ3v) is 4.41. The molecule has 1 aliphatic heterocycles. The highest BCUT2D eigenvalue weighted by molar-refractivity contribution is 4.91. The predicted molar refractivity (Wildman–Crippen MR) is 75.9 cm³/mol. The molecule has 2 aliphatic rings. The highest BCUT2D eigenvalue weighted by atomic mass is 16.5. The molecule has 0 spiro atoms. The van der Waals surface area contributed by atoms with Gasteiger partial charge in [0.1, 0.15) is 0 Å². The van der Waals surface area contributed by atoms with Gasteiger partial charge in [-0.15, -0.1) is 0 Å². The van der Waals surface area contributed by atoms with E-state index in [0.29, 0.717) is 12.1 Å². The van der Waals surface area contributed by atoms with Gasteiger partial charge in [-0.3, -0.25) is 4.90 Å². The summed E-state index contributed by atoms with van der Waals surface area (Å²) in [7, 11) is 0. The Kier molecular flexibility index (Phi) is 5.93. The van der Waals surface area contributed by atoms with Crippen LogP contribution in [0.5, 0.6) is 0 Å². The van der Waals surface area contributed by atoms with E-state index in [-0.39, 0.29) is 0 Å². The Hall–Kier alpha value is -0.120. The van der Waals surface area contributed by atoms with E-state index in [9.17, 15) is 0 Å². The Morgan fingerprint density at radius 1 is 1.28 bits per heavy atom. The van der Waals surface area contributed by atoms with E-state index in [0.717, 1.165) is 32.2 Å². The molecule has 0 aromatic carbocycles. The van der Waals surface area contributed by atoms with Gasteiger partial charge in [0.2, 0.25) is 0 Å². The summed E-state index contributed by atoms with van der Waals surface area (Å²) >= 11 is 0. The second-order valence-electron chi connectivity index (χ2n) is 5.88. The van der Waals surface area contributed by atoms with Gasteiger partial charge in [-0.25, -0.2) is 0 Å². The molecule has 0 radical (unpaired) electrons. The summed E-state index contributed by atoms with van der Waals surface area (Å²) in [5.41, 5.74) is 0. The smallest absolute Gasteiger partial charge is 0.0857 e. The van der Waals surface area contributed by atoms with Crippen molar-refractivity contribution >= 4 is 0 Å². The number of hydrogen-bond donors (Lipinski definition) is 1. The number of rotatable bonds is 7. The van der Waals surface area contributed by atoms with Gasteiger partial charge >= 0.3 is 0 Å². The highest BCUT2D eigenvalue weighted by Crippen LogP contribution is 2.32. The first-order chi connectivity index (χ1) is 8.85. The molecule has 0 amide bonds. The summed E-state index contributed by atoms with van der Waals surface area (Å²) in [6.07, 6.45) is 7.10. The van der Waals surface area contributed by atoms with Gasteiger partial charge in [-0.2, -0.15) is 0 Å². The molecule has 2 rings (SSSR count). The first kappa shape index (κ1) is 14.3. The van der Waals surface area contributed by atoms with Crippen LogP contribution in [0.25, 0.3) is 0 Å².